The highest BCUT2D eigenvalue weighted by molar-refractivity contribution is 5.97. The van der Waals surface area contributed by atoms with Gasteiger partial charge in [0.15, 0.2) is 0 Å². The third-order valence-electron chi connectivity index (χ3n) is 4.83. The lowest BCUT2D eigenvalue weighted by molar-refractivity contribution is -0.121. The van der Waals surface area contributed by atoms with E-state index in [1.807, 2.05) is 61.2 Å². The number of hydrogen-bond donors (Lipinski definition) is 2. The van der Waals surface area contributed by atoms with Crippen LogP contribution < -0.4 is 20.3 Å². The van der Waals surface area contributed by atoms with Crippen LogP contribution in [0.2, 0.25) is 0 Å². The van der Waals surface area contributed by atoms with Crippen molar-refractivity contribution >= 4 is 23.3 Å². The predicted octanol–water partition coefficient (Wildman–Crippen LogP) is 3.95. The van der Waals surface area contributed by atoms with Crippen LogP contribution in [0, 0.1) is 5.92 Å². The molecule has 0 bridgehead atoms. The highest BCUT2D eigenvalue weighted by Crippen LogP contribution is 2.31. The first-order valence-corrected chi connectivity index (χ1v) is 9.60. The minimum atomic E-state index is -0.284. The van der Waals surface area contributed by atoms with Crippen molar-refractivity contribution in [3.05, 3.63) is 53.6 Å². The van der Waals surface area contributed by atoms with Gasteiger partial charge >= 0.3 is 6.03 Å². The van der Waals surface area contributed by atoms with E-state index in [2.05, 4.69) is 10.6 Å². The predicted molar refractivity (Wildman–Crippen MR) is 111 cm³/mol. The van der Waals surface area contributed by atoms with E-state index in [1.54, 1.807) is 7.11 Å². The van der Waals surface area contributed by atoms with Gasteiger partial charge in [-0.1, -0.05) is 32.0 Å². The van der Waals surface area contributed by atoms with Crippen LogP contribution in [0.4, 0.5) is 16.2 Å². The SMILES string of the molecule is COc1ccc(CNC(=O)Nc2ccc3c(c2)N(C(=O)C(C)C)CCC3)cc1. The van der Waals surface area contributed by atoms with Gasteiger partial charge in [0.2, 0.25) is 5.91 Å². The molecule has 3 rings (SSSR count). The zero-order chi connectivity index (χ0) is 20.1. The van der Waals surface area contributed by atoms with Crippen LogP contribution in [-0.4, -0.2) is 25.6 Å². The molecule has 1 aliphatic heterocycles. The van der Waals surface area contributed by atoms with Gasteiger partial charge < -0.3 is 20.3 Å². The Bertz CT molecular complexity index is 847. The van der Waals surface area contributed by atoms with Crippen LogP contribution in [0.5, 0.6) is 5.75 Å². The number of anilines is 2. The number of nitrogens with one attached hydrogen (secondary N) is 2. The molecule has 0 saturated heterocycles. The Morgan fingerprint density at radius 3 is 2.57 bits per heavy atom. The molecule has 0 aliphatic carbocycles. The van der Waals surface area contributed by atoms with Crippen LogP contribution in [-0.2, 0) is 17.8 Å². The monoisotopic (exact) mass is 381 g/mol. The average molecular weight is 381 g/mol. The number of carbonyl (C=O) groups excluding carboxylic acids is 2. The number of benzene rings is 2. The quantitative estimate of drug-likeness (QED) is 0.824. The molecule has 1 aliphatic rings. The van der Waals surface area contributed by atoms with Gasteiger partial charge in [-0.25, -0.2) is 4.79 Å². The molecule has 0 fully saturated rings. The molecule has 0 atom stereocenters. The van der Waals surface area contributed by atoms with E-state index in [9.17, 15) is 9.59 Å². The lowest BCUT2D eigenvalue weighted by atomic mass is 9.99. The molecule has 0 spiro atoms. The molecule has 2 aromatic rings. The highest BCUT2D eigenvalue weighted by Gasteiger charge is 2.24. The molecule has 6 nitrogen and oxygen atoms in total. The van der Waals surface area contributed by atoms with Crippen LogP contribution in [0.25, 0.3) is 0 Å². The first-order chi connectivity index (χ1) is 13.5. The summed E-state index contributed by atoms with van der Waals surface area (Å²) in [4.78, 5) is 26.6. The van der Waals surface area contributed by atoms with Crippen molar-refractivity contribution in [3.63, 3.8) is 0 Å². The Hall–Kier alpha value is -3.02. The normalized spacial score (nSPS) is 13.1. The van der Waals surface area contributed by atoms with Crippen molar-refractivity contribution < 1.29 is 14.3 Å². The fraction of sp³-hybridized carbons (Fsp3) is 0.364. The van der Waals surface area contributed by atoms with Gasteiger partial charge in [-0.3, -0.25) is 4.79 Å². The minimum Gasteiger partial charge on any atom is -0.497 e. The van der Waals surface area contributed by atoms with Crippen LogP contribution in [0.15, 0.2) is 42.5 Å². The van der Waals surface area contributed by atoms with E-state index < -0.39 is 0 Å². The summed E-state index contributed by atoms with van der Waals surface area (Å²) in [6.45, 7) is 4.95. The van der Waals surface area contributed by atoms with E-state index in [4.69, 9.17) is 4.74 Å². The van der Waals surface area contributed by atoms with E-state index in [1.165, 1.54) is 0 Å². The number of methoxy groups -OCH3 is 1. The summed E-state index contributed by atoms with van der Waals surface area (Å²) in [5.74, 6) is 0.833. The molecule has 28 heavy (non-hydrogen) atoms. The van der Waals surface area contributed by atoms with E-state index in [0.717, 1.165) is 42.0 Å². The third-order valence-corrected chi connectivity index (χ3v) is 4.83. The molecule has 2 aromatic carbocycles. The number of urea groups is 1. The Morgan fingerprint density at radius 1 is 1.14 bits per heavy atom. The van der Waals surface area contributed by atoms with Gasteiger partial charge in [0.05, 0.1) is 7.11 Å². The molecule has 0 unspecified atom stereocenters. The lowest BCUT2D eigenvalue weighted by Gasteiger charge is -2.31. The van der Waals surface area contributed by atoms with E-state index >= 15 is 0 Å². The second kappa shape index (κ2) is 8.78. The molecule has 1 heterocycles. The van der Waals surface area contributed by atoms with Gasteiger partial charge in [-0.05, 0) is 48.2 Å². The minimum absolute atomic E-state index is 0.0599. The fourth-order valence-corrected chi connectivity index (χ4v) is 3.29. The molecule has 3 amide bonds. The van der Waals surface area contributed by atoms with Gasteiger partial charge in [0.1, 0.15) is 5.75 Å². The van der Waals surface area contributed by atoms with Crippen molar-refractivity contribution in [2.24, 2.45) is 5.92 Å². The number of hydrogen-bond acceptors (Lipinski definition) is 3. The number of amides is 3. The second-order valence-corrected chi connectivity index (χ2v) is 7.25. The van der Waals surface area contributed by atoms with Crippen molar-refractivity contribution in [3.8, 4) is 5.75 Å². The molecular weight excluding hydrogens is 354 g/mol. The van der Waals surface area contributed by atoms with Gasteiger partial charge in [0, 0.05) is 30.4 Å². The summed E-state index contributed by atoms with van der Waals surface area (Å²) in [7, 11) is 1.62. The molecule has 148 valence electrons. The largest absolute Gasteiger partial charge is 0.497 e. The zero-order valence-electron chi connectivity index (χ0n) is 16.6. The highest BCUT2D eigenvalue weighted by atomic mass is 16.5. The summed E-state index contributed by atoms with van der Waals surface area (Å²) in [5.41, 5.74) is 3.70. The van der Waals surface area contributed by atoms with Crippen LogP contribution in [0.1, 0.15) is 31.4 Å². The smallest absolute Gasteiger partial charge is 0.319 e. The molecule has 0 aromatic heterocycles. The number of nitrogens with zero attached hydrogens (tertiary/aromatic N) is 1. The van der Waals surface area contributed by atoms with Gasteiger partial charge in [0.25, 0.3) is 0 Å². The van der Waals surface area contributed by atoms with Gasteiger partial charge in [-0.15, -0.1) is 0 Å². The van der Waals surface area contributed by atoms with E-state index in [0.29, 0.717) is 12.2 Å². The summed E-state index contributed by atoms with van der Waals surface area (Å²) in [6, 6.07) is 13.0. The summed E-state index contributed by atoms with van der Waals surface area (Å²) < 4.78 is 5.13. The number of rotatable bonds is 5. The van der Waals surface area contributed by atoms with Crippen molar-refractivity contribution in [2.45, 2.75) is 33.2 Å². The number of fused-ring (bicyclic) bond motifs is 1. The molecule has 0 radical (unpaired) electrons. The Labute approximate surface area is 165 Å². The Morgan fingerprint density at radius 2 is 1.89 bits per heavy atom. The van der Waals surface area contributed by atoms with E-state index in [-0.39, 0.29) is 17.9 Å². The summed E-state index contributed by atoms with van der Waals surface area (Å²) in [6.07, 6.45) is 1.90. The Kier molecular flexibility index (Phi) is 6.19. The average Bonchev–Trinajstić information content (AvgIpc) is 2.71. The first-order valence-electron chi connectivity index (χ1n) is 9.60. The van der Waals surface area contributed by atoms with Crippen molar-refractivity contribution in [1.29, 1.82) is 0 Å². The van der Waals surface area contributed by atoms with Crippen LogP contribution >= 0.6 is 0 Å². The number of carbonyl (C=O) groups is 2. The molecular formula is C22H27N3O3. The summed E-state index contributed by atoms with van der Waals surface area (Å²) >= 11 is 0. The lowest BCUT2D eigenvalue weighted by Crippen LogP contribution is -2.38. The maximum absolute atomic E-state index is 12.5. The topological polar surface area (TPSA) is 70.7 Å². The molecule has 6 heteroatoms. The Balaban J connectivity index is 1.64. The van der Waals surface area contributed by atoms with Crippen LogP contribution in [0.3, 0.4) is 0 Å². The second-order valence-electron chi connectivity index (χ2n) is 7.25. The van der Waals surface area contributed by atoms with Gasteiger partial charge in [-0.2, -0.15) is 0 Å². The first kappa shape index (κ1) is 19.7. The third kappa shape index (κ3) is 4.63. The molecule has 0 saturated carbocycles. The van der Waals surface area contributed by atoms with Crippen molar-refractivity contribution in [2.75, 3.05) is 23.9 Å². The zero-order valence-corrected chi connectivity index (χ0v) is 16.6. The molecule has 2 N–H and O–H groups in total. The number of aryl methyl sites for hydroxylation is 1. The number of ether oxygens (including phenoxy) is 1. The maximum Gasteiger partial charge on any atom is 0.319 e. The maximum atomic E-state index is 12.5. The summed E-state index contributed by atoms with van der Waals surface area (Å²) in [5, 5.41) is 5.71. The van der Waals surface area contributed by atoms with Crippen molar-refractivity contribution in [1.82, 2.24) is 5.32 Å². The fourth-order valence-electron chi connectivity index (χ4n) is 3.29. The standard InChI is InChI=1S/C22H27N3O3/c1-15(2)21(26)25-12-4-5-17-8-9-18(13-20(17)25)24-22(27)23-14-16-6-10-19(28-3)11-7-16/h6-11,13,15H,4-5,12,14H2,1-3H3,(H2,23,24,27).